The Balaban J connectivity index is 2.62. The van der Waals surface area contributed by atoms with Gasteiger partial charge >= 0.3 is 0 Å². The van der Waals surface area contributed by atoms with Crippen molar-refractivity contribution in [2.45, 2.75) is 33.6 Å². The summed E-state index contributed by atoms with van der Waals surface area (Å²) in [6.45, 7) is 6.33. The highest BCUT2D eigenvalue weighted by Gasteiger charge is 2.10. The number of hydrogen-bond donors (Lipinski definition) is 0. The van der Waals surface area contributed by atoms with Crippen LogP contribution in [0.2, 0.25) is 0 Å². The van der Waals surface area contributed by atoms with Crippen molar-refractivity contribution in [3.05, 3.63) is 16.4 Å². The summed E-state index contributed by atoms with van der Waals surface area (Å²) in [5, 5.41) is 5.63. The van der Waals surface area contributed by atoms with Gasteiger partial charge in [-0.1, -0.05) is 25.2 Å². The lowest BCUT2D eigenvalue weighted by Crippen LogP contribution is -1.91. The predicted molar refractivity (Wildman–Crippen MR) is 54.4 cm³/mol. The first-order valence-electron chi connectivity index (χ1n) is 4.60. The standard InChI is InChI=1S/C9H13N3S/c1-4-7-6(3)12-9(10-7)13-8(5-2)11-12/h4-5H2,1-3H3. The van der Waals surface area contributed by atoms with Crippen LogP contribution < -0.4 is 0 Å². The number of rotatable bonds is 2. The van der Waals surface area contributed by atoms with Gasteiger partial charge in [-0.2, -0.15) is 5.10 Å². The molecule has 0 unspecified atom stereocenters. The van der Waals surface area contributed by atoms with Crippen LogP contribution in [0.5, 0.6) is 0 Å². The van der Waals surface area contributed by atoms with Crippen LogP contribution in [0.25, 0.3) is 4.96 Å². The summed E-state index contributed by atoms with van der Waals surface area (Å²) >= 11 is 1.69. The fraction of sp³-hybridized carbons (Fsp3) is 0.556. The fourth-order valence-electron chi connectivity index (χ4n) is 1.41. The molecule has 2 rings (SSSR count). The average molecular weight is 195 g/mol. The van der Waals surface area contributed by atoms with Crippen molar-refractivity contribution < 1.29 is 0 Å². The monoisotopic (exact) mass is 195 g/mol. The van der Waals surface area contributed by atoms with Gasteiger partial charge in [0.1, 0.15) is 5.01 Å². The molecule has 2 aromatic rings. The first kappa shape index (κ1) is 8.69. The SMILES string of the molecule is CCc1nn2c(C)c(CC)nc2s1. The lowest BCUT2D eigenvalue weighted by molar-refractivity contribution is 0.871. The van der Waals surface area contributed by atoms with E-state index in [0.717, 1.165) is 22.8 Å². The fourth-order valence-corrected chi connectivity index (χ4v) is 2.31. The highest BCUT2D eigenvalue weighted by Crippen LogP contribution is 2.18. The molecule has 2 aromatic heterocycles. The molecular formula is C9H13N3S. The van der Waals surface area contributed by atoms with Crippen LogP contribution in [0, 0.1) is 6.92 Å². The van der Waals surface area contributed by atoms with Gasteiger partial charge < -0.3 is 0 Å². The van der Waals surface area contributed by atoms with Crippen molar-refractivity contribution in [2.75, 3.05) is 0 Å². The summed E-state index contributed by atoms with van der Waals surface area (Å²) in [5.74, 6) is 0. The maximum absolute atomic E-state index is 4.52. The highest BCUT2D eigenvalue weighted by molar-refractivity contribution is 7.16. The first-order valence-corrected chi connectivity index (χ1v) is 5.41. The summed E-state index contributed by atoms with van der Waals surface area (Å²) in [5.41, 5.74) is 2.36. The van der Waals surface area contributed by atoms with E-state index in [1.165, 1.54) is 11.4 Å². The van der Waals surface area contributed by atoms with Crippen LogP contribution >= 0.6 is 11.3 Å². The minimum Gasteiger partial charge on any atom is -0.222 e. The third-order valence-electron chi connectivity index (χ3n) is 2.21. The number of nitrogens with zero attached hydrogens (tertiary/aromatic N) is 3. The Labute approximate surface area is 81.4 Å². The maximum Gasteiger partial charge on any atom is 0.212 e. The normalized spacial score (nSPS) is 11.3. The Kier molecular flexibility index (Phi) is 2.07. The van der Waals surface area contributed by atoms with Crippen molar-refractivity contribution in [3.8, 4) is 0 Å². The molecule has 0 saturated heterocycles. The van der Waals surface area contributed by atoms with Crippen molar-refractivity contribution in [3.63, 3.8) is 0 Å². The quantitative estimate of drug-likeness (QED) is 0.735. The lowest BCUT2D eigenvalue weighted by atomic mass is 10.3. The molecule has 0 aromatic carbocycles. The Morgan fingerprint density at radius 1 is 1.31 bits per heavy atom. The first-order chi connectivity index (χ1) is 6.26. The second-order valence-electron chi connectivity index (χ2n) is 3.04. The molecule has 0 N–H and O–H groups in total. The van der Waals surface area contributed by atoms with Gasteiger partial charge in [-0.25, -0.2) is 9.50 Å². The van der Waals surface area contributed by atoms with E-state index in [2.05, 4.69) is 30.9 Å². The highest BCUT2D eigenvalue weighted by atomic mass is 32.1. The maximum atomic E-state index is 4.52. The van der Waals surface area contributed by atoms with Crippen LogP contribution in [0.1, 0.15) is 30.2 Å². The van der Waals surface area contributed by atoms with E-state index in [1.54, 1.807) is 11.3 Å². The molecule has 0 atom stereocenters. The molecule has 0 radical (unpaired) electrons. The predicted octanol–water partition coefficient (Wildman–Crippen LogP) is 2.22. The molecule has 70 valence electrons. The molecule has 0 aliphatic rings. The molecule has 0 bridgehead atoms. The van der Waals surface area contributed by atoms with Crippen molar-refractivity contribution in [2.24, 2.45) is 0 Å². The summed E-state index contributed by atoms with van der Waals surface area (Å²) in [4.78, 5) is 5.55. The van der Waals surface area contributed by atoms with Crippen LogP contribution in [-0.2, 0) is 12.8 Å². The van der Waals surface area contributed by atoms with Gasteiger partial charge in [0.2, 0.25) is 4.96 Å². The van der Waals surface area contributed by atoms with E-state index in [4.69, 9.17) is 0 Å². The summed E-state index contributed by atoms with van der Waals surface area (Å²) in [6.07, 6.45) is 1.98. The van der Waals surface area contributed by atoms with Gasteiger partial charge in [0.15, 0.2) is 0 Å². The van der Waals surface area contributed by atoms with E-state index in [-0.39, 0.29) is 0 Å². The van der Waals surface area contributed by atoms with Gasteiger partial charge in [0.25, 0.3) is 0 Å². The van der Waals surface area contributed by atoms with E-state index in [9.17, 15) is 0 Å². The second-order valence-corrected chi connectivity index (χ2v) is 4.08. The summed E-state index contributed by atoms with van der Waals surface area (Å²) < 4.78 is 1.96. The summed E-state index contributed by atoms with van der Waals surface area (Å²) in [7, 11) is 0. The lowest BCUT2D eigenvalue weighted by Gasteiger charge is -1.90. The molecule has 0 saturated carbocycles. The van der Waals surface area contributed by atoms with E-state index in [0.29, 0.717) is 0 Å². The zero-order valence-electron chi connectivity index (χ0n) is 8.16. The molecule has 2 heterocycles. The largest absolute Gasteiger partial charge is 0.222 e. The van der Waals surface area contributed by atoms with Gasteiger partial charge in [-0.15, -0.1) is 0 Å². The zero-order chi connectivity index (χ0) is 9.42. The Hall–Kier alpha value is -0.900. The van der Waals surface area contributed by atoms with Gasteiger partial charge in [0.05, 0.1) is 11.4 Å². The van der Waals surface area contributed by atoms with Gasteiger partial charge in [0, 0.05) is 0 Å². The summed E-state index contributed by atoms with van der Waals surface area (Å²) in [6, 6.07) is 0. The van der Waals surface area contributed by atoms with E-state index < -0.39 is 0 Å². The van der Waals surface area contributed by atoms with E-state index >= 15 is 0 Å². The number of hydrogen-bond acceptors (Lipinski definition) is 3. The molecule has 0 fully saturated rings. The third-order valence-corrected chi connectivity index (χ3v) is 3.26. The van der Waals surface area contributed by atoms with Gasteiger partial charge in [-0.05, 0) is 19.8 Å². The molecule has 3 nitrogen and oxygen atoms in total. The molecule has 13 heavy (non-hydrogen) atoms. The number of aryl methyl sites for hydroxylation is 3. The second kappa shape index (κ2) is 3.10. The molecule has 4 heteroatoms. The Morgan fingerprint density at radius 2 is 2.08 bits per heavy atom. The minimum atomic E-state index is 0.989. The molecule has 0 aliphatic heterocycles. The number of imidazole rings is 1. The van der Waals surface area contributed by atoms with Crippen LogP contribution in [-0.4, -0.2) is 14.6 Å². The van der Waals surface area contributed by atoms with Gasteiger partial charge in [-0.3, -0.25) is 0 Å². The number of aromatic nitrogens is 3. The third kappa shape index (κ3) is 1.25. The Morgan fingerprint density at radius 3 is 2.62 bits per heavy atom. The average Bonchev–Trinajstić information content (AvgIpc) is 2.65. The zero-order valence-corrected chi connectivity index (χ0v) is 8.98. The molecular weight excluding hydrogens is 182 g/mol. The Bertz CT molecular complexity index is 427. The molecule has 0 spiro atoms. The van der Waals surface area contributed by atoms with Crippen molar-refractivity contribution in [1.82, 2.24) is 14.6 Å². The van der Waals surface area contributed by atoms with Crippen molar-refractivity contribution >= 4 is 16.3 Å². The van der Waals surface area contributed by atoms with Crippen LogP contribution in [0.4, 0.5) is 0 Å². The topological polar surface area (TPSA) is 30.2 Å². The van der Waals surface area contributed by atoms with Crippen LogP contribution in [0.3, 0.4) is 0 Å². The molecule has 0 amide bonds. The smallest absolute Gasteiger partial charge is 0.212 e. The van der Waals surface area contributed by atoms with E-state index in [1.807, 2.05) is 4.52 Å². The van der Waals surface area contributed by atoms with Crippen molar-refractivity contribution in [1.29, 1.82) is 0 Å². The minimum absolute atomic E-state index is 0.989. The number of fused-ring (bicyclic) bond motifs is 1. The van der Waals surface area contributed by atoms with Crippen LogP contribution in [0.15, 0.2) is 0 Å². The molecule has 0 aliphatic carbocycles.